The van der Waals surface area contributed by atoms with Crippen molar-refractivity contribution in [3.63, 3.8) is 0 Å². The molecule has 1 aliphatic carbocycles. The van der Waals surface area contributed by atoms with Gasteiger partial charge in [-0.05, 0) is 67.8 Å². The number of anilines is 1. The summed E-state index contributed by atoms with van der Waals surface area (Å²) in [5.74, 6) is -0.895. The zero-order valence-corrected chi connectivity index (χ0v) is 19.5. The maximum atomic E-state index is 12.7. The van der Waals surface area contributed by atoms with E-state index in [2.05, 4.69) is 44.5 Å². The van der Waals surface area contributed by atoms with Gasteiger partial charge in [-0.3, -0.25) is 4.79 Å². The highest BCUT2D eigenvalue weighted by atomic mass is 32.2. The summed E-state index contributed by atoms with van der Waals surface area (Å²) in [5.41, 5.74) is -1.59. The van der Waals surface area contributed by atoms with Gasteiger partial charge < -0.3 is 19.3 Å². The van der Waals surface area contributed by atoms with Gasteiger partial charge in [0, 0.05) is 43.5 Å². The van der Waals surface area contributed by atoms with Crippen molar-refractivity contribution < 1.29 is 30.6 Å². The molecule has 7 nitrogen and oxygen atoms in total. The van der Waals surface area contributed by atoms with Gasteiger partial charge >= 0.3 is 15.6 Å². The monoisotopic (exact) mass is 497 g/mol. The summed E-state index contributed by atoms with van der Waals surface area (Å²) in [4.78, 5) is 17.4. The minimum Gasteiger partial charge on any atom is -0.376 e. The van der Waals surface area contributed by atoms with Crippen LogP contribution in [0.5, 0.6) is 5.75 Å². The molecule has 4 rings (SSSR count). The van der Waals surface area contributed by atoms with E-state index in [0.717, 1.165) is 51.2 Å². The number of likely N-dealkylation sites (N-methyl/N-ethyl adjacent to an activating group) is 1. The van der Waals surface area contributed by atoms with Crippen molar-refractivity contribution >= 4 is 21.7 Å². The van der Waals surface area contributed by atoms with Gasteiger partial charge in [-0.1, -0.05) is 12.1 Å². The molecule has 1 atom stereocenters. The van der Waals surface area contributed by atoms with Gasteiger partial charge in [0.15, 0.2) is 0 Å². The van der Waals surface area contributed by atoms with Crippen molar-refractivity contribution in [1.29, 1.82) is 0 Å². The molecule has 184 valence electrons. The maximum absolute atomic E-state index is 12.7. The molecule has 0 aromatic heterocycles. The predicted molar refractivity (Wildman–Crippen MR) is 121 cm³/mol. The van der Waals surface area contributed by atoms with E-state index in [-0.39, 0.29) is 17.5 Å². The molecular weight excluding hydrogens is 471 g/mol. The number of halogens is 3. The number of hydrogen-bond donors (Lipinski definition) is 1. The molecule has 2 aliphatic rings. The summed E-state index contributed by atoms with van der Waals surface area (Å²) in [6.45, 7) is 3.88. The number of rotatable bonds is 5. The van der Waals surface area contributed by atoms with E-state index in [1.54, 1.807) is 0 Å². The molecule has 11 heteroatoms. The number of amides is 1. The third-order valence-corrected chi connectivity index (χ3v) is 7.22. The third-order valence-electron chi connectivity index (χ3n) is 6.25. The molecule has 1 aliphatic heterocycles. The van der Waals surface area contributed by atoms with Gasteiger partial charge in [0.25, 0.3) is 5.91 Å². The number of fused-ring (bicyclic) bond motifs is 1. The molecule has 1 saturated heterocycles. The Hall–Kier alpha value is -2.79. The van der Waals surface area contributed by atoms with Crippen molar-refractivity contribution in [2.24, 2.45) is 0 Å². The second kappa shape index (κ2) is 9.46. The number of piperazine rings is 1. The van der Waals surface area contributed by atoms with Gasteiger partial charge in [0.1, 0.15) is 5.75 Å². The first-order valence-electron chi connectivity index (χ1n) is 11.0. The van der Waals surface area contributed by atoms with Crippen molar-refractivity contribution in [3.8, 4) is 5.75 Å². The summed E-state index contributed by atoms with van der Waals surface area (Å²) in [6, 6.07) is 10.8. The number of carbonyl (C=O) groups excluding carboxylic acids is 1. The Morgan fingerprint density at radius 1 is 1.06 bits per heavy atom. The first kappa shape index (κ1) is 24.3. The van der Waals surface area contributed by atoms with Crippen LogP contribution >= 0.6 is 0 Å². The molecule has 2 aromatic carbocycles. The lowest BCUT2D eigenvalue weighted by Gasteiger charge is -2.37. The van der Waals surface area contributed by atoms with E-state index in [1.807, 2.05) is 0 Å². The van der Waals surface area contributed by atoms with Crippen LogP contribution in [0.1, 0.15) is 27.9 Å². The lowest BCUT2D eigenvalue weighted by atomic mass is 9.86. The summed E-state index contributed by atoms with van der Waals surface area (Å²) >= 11 is 0. The Morgan fingerprint density at radius 2 is 1.74 bits per heavy atom. The Balaban J connectivity index is 1.42. The van der Waals surface area contributed by atoms with E-state index in [9.17, 15) is 26.4 Å². The number of hydrogen-bond acceptors (Lipinski definition) is 6. The number of nitrogens with zero attached hydrogens (tertiary/aromatic N) is 2. The smallest absolute Gasteiger partial charge is 0.376 e. The molecule has 1 amide bonds. The van der Waals surface area contributed by atoms with Gasteiger partial charge in [-0.2, -0.15) is 21.6 Å². The molecule has 0 spiro atoms. The molecule has 2 aromatic rings. The van der Waals surface area contributed by atoms with Crippen LogP contribution in [0.15, 0.2) is 42.5 Å². The number of nitrogens with one attached hydrogen (secondary N) is 1. The largest absolute Gasteiger partial charge is 0.534 e. The van der Waals surface area contributed by atoms with E-state index in [1.165, 1.54) is 28.9 Å². The number of aryl methyl sites for hydroxylation is 1. The van der Waals surface area contributed by atoms with E-state index in [0.29, 0.717) is 6.42 Å². The summed E-state index contributed by atoms with van der Waals surface area (Å²) in [5, 5.41) is 3.00. The van der Waals surface area contributed by atoms with Crippen molar-refractivity contribution in [3.05, 3.63) is 59.2 Å². The molecule has 0 bridgehead atoms. The summed E-state index contributed by atoms with van der Waals surface area (Å²) in [6.07, 6.45) is 2.30. The van der Waals surface area contributed by atoms with Crippen LogP contribution in [-0.2, 0) is 23.0 Å². The minimum absolute atomic E-state index is 0.0878. The van der Waals surface area contributed by atoms with Crippen LogP contribution in [0.3, 0.4) is 0 Å². The number of carbonyl (C=O) groups is 1. The van der Waals surface area contributed by atoms with Crippen LogP contribution in [0.4, 0.5) is 18.9 Å². The lowest BCUT2D eigenvalue weighted by Crippen LogP contribution is -2.45. The maximum Gasteiger partial charge on any atom is 0.534 e. The van der Waals surface area contributed by atoms with Crippen LogP contribution in [0.2, 0.25) is 0 Å². The molecule has 0 saturated carbocycles. The van der Waals surface area contributed by atoms with E-state index >= 15 is 0 Å². The predicted octanol–water partition coefficient (Wildman–Crippen LogP) is 2.95. The zero-order valence-electron chi connectivity index (χ0n) is 18.6. The fraction of sp³-hybridized carbons (Fsp3) is 0.435. The normalized spacial score (nSPS) is 19.4. The highest BCUT2D eigenvalue weighted by molar-refractivity contribution is 7.88. The Bertz CT molecular complexity index is 1150. The fourth-order valence-electron chi connectivity index (χ4n) is 4.34. The molecule has 1 N–H and O–H groups in total. The topological polar surface area (TPSA) is 79.0 Å². The van der Waals surface area contributed by atoms with Crippen LogP contribution in [-0.4, -0.2) is 64.0 Å². The quantitative estimate of drug-likeness (QED) is 0.506. The molecule has 34 heavy (non-hydrogen) atoms. The van der Waals surface area contributed by atoms with Gasteiger partial charge in [0.2, 0.25) is 0 Å². The van der Waals surface area contributed by atoms with Crippen molar-refractivity contribution in [1.82, 2.24) is 10.2 Å². The van der Waals surface area contributed by atoms with Crippen molar-refractivity contribution in [2.75, 3.05) is 38.1 Å². The van der Waals surface area contributed by atoms with Crippen LogP contribution in [0.25, 0.3) is 0 Å². The summed E-state index contributed by atoms with van der Waals surface area (Å²) in [7, 11) is -3.65. The SMILES string of the molecule is CN1CCN(c2cccc3c2C[C@H](NC(=O)c2ccc(OS(=O)(=O)C(F)(F)F)cc2)CC3)CC1. The standard InChI is InChI=1S/C23H26F3N3O4S/c1-28-11-13-29(14-12-28)21-4-2-3-16-5-8-18(15-20(16)21)27-22(30)17-6-9-19(10-7-17)33-34(31,32)23(24,25)26/h2-4,6-7,9-10,18H,5,8,11-15H2,1H3,(H,27,30)/t18-/m1/s1. The molecule has 1 fully saturated rings. The van der Waals surface area contributed by atoms with Crippen molar-refractivity contribution in [2.45, 2.75) is 30.8 Å². The van der Waals surface area contributed by atoms with Gasteiger partial charge in [0.05, 0.1) is 0 Å². The molecule has 0 radical (unpaired) electrons. The highest BCUT2D eigenvalue weighted by Gasteiger charge is 2.48. The third kappa shape index (κ3) is 5.30. The average molecular weight is 498 g/mol. The first-order valence-corrected chi connectivity index (χ1v) is 12.4. The Labute approximate surface area is 196 Å². The second-order valence-electron chi connectivity index (χ2n) is 8.63. The molecular formula is C23H26F3N3O4S. The highest BCUT2D eigenvalue weighted by Crippen LogP contribution is 2.31. The Kier molecular flexibility index (Phi) is 6.77. The van der Waals surface area contributed by atoms with Gasteiger partial charge in [-0.15, -0.1) is 0 Å². The minimum atomic E-state index is -5.76. The number of benzene rings is 2. The summed E-state index contributed by atoms with van der Waals surface area (Å²) < 4.78 is 63.8. The molecule has 1 heterocycles. The lowest BCUT2D eigenvalue weighted by molar-refractivity contribution is -0.0500. The van der Waals surface area contributed by atoms with Crippen LogP contribution in [0, 0.1) is 0 Å². The van der Waals surface area contributed by atoms with E-state index < -0.39 is 21.4 Å². The zero-order chi connectivity index (χ0) is 24.5. The first-order chi connectivity index (χ1) is 16.0. The van der Waals surface area contributed by atoms with E-state index in [4.69, 9.17) is 0 Å². The average Bonchev–Trinajstić information content (AvgIpc) is 2.79. The molecule has 0 unspecified atom stereocenters. The Morgan fingerprint density at radius 3 is 2.38 bits per heavy atom. The van der Waals surface area contributed by atoms with Crippen LogP contribution < -0.4 is 14.4 Å². The van der Waals surface area contributed by atoms with Gasteiger partial charge in [-0.25, -0.2) is 0 Å². The fourth-order valence-corrected chi connectivity index (χ4v) is 4.80. The second-order valence-corrected chi connectivity index (χ2v) is 10.2. The number of alkyl halides is 3.